The van der Waals surface area contributed by atoms with Crippen molar-refractivity contribution in [3.63, 3.8) is 0 Å². The monoisotopic (exact) mass is 430 g/mol. The van der Waals surface area contributed by atoms with Gasteiger partial charge in [-0.05, 0) is 54.7 Å². The quantitative estimate of drug-likeness (QED) is 0.781. The molecule has 1 aliphatic carbocycles. The van der Waals surface area contributed by atoms with Crippen LogP contribution in [0.2, 0.25) is 0 Å². The van der Waals surface area contributed by atoms with Crippen LogP contribution in [0.3, 0.4) is 0 Å². The molecule has 0 spiro atoms. The Morgan fingerprint density at radius 2 is 1.73 bits per heavy atom. The van der Waals surface area contributed by atoms with Crippen molar-refractivity contribution < 1.29 is 17.6 Å². The zero-order chi connectivity index (χ0) is 21.1. The van der Waals surface area contributed by atoms with Gasteiger partial charge in [0.05, 0.1) is 10.9 Å². The van der Waals surface area contributed by atoms with Crippen molar-refractivity contribution in [3.05, 3.63) is 65.5 Å². The Morgan fingerprint density at radius 3 is 2.47 bits per heavy atom. The molecule has 2 aromatic carbocycles. The number of hydrogen-bond donors (Lipinski definition) is 1. The van der Waals surface area contributed by atoms with Gasteiger partial charge >= 0.3 is 0 Å². The molecule has 0 unspecified atom stereocenters. The van der Waals surface area contributed by atoms with Crippen LogP contribution in [0.1, 0.15) is 55.7 Å². The van der Waals surface area contributed by atoms with Gasteiger partial charge in [-0.3, -0.25) is 4.79 Å². The van der Waals surface area contributed by atoms with Crippen molar-refractivity contribution in [2.75, 3.05) is 6.54 Å². The Morgan fingerprint density at radius 1 is 1.03 bits per heavy atom. The number of sulfonamides is 1. The highest BCUT2D eigenvalue weighted by Gasteiger charge is 2.37. The van der Waals surface area contributed by atoms with E-state index < -0.39 is 21.9 Å². The van der Waals surface area contributed by atoms with Crippen molar-refractivity contribution in [3.8, 4) is 0 Å². The number of nitrogens with one attached hydrogen (secondary N) is 1. The molecule has 0 aromatic heterocycles. The molecule has 0 radical (unpaired) electrons. The van der Waals surface area contributed by atoms with Gasteiger partial charge in [0.15, 0.2) is 0 Å². The predicted octanol–water partition coefficient (Wildman–Crippen LogP) is 3.95. The molecular formula is C23H27FN2O3S. The summed E-state index contributed by atoms with van der Waals surface area (Å²) < 4.78 is 41.5. The number of nitrogens with zero attached hydrogens (tertiary/aromatic N) is 1. The van der Waals surface area contributed by atoms with Crippen LogP contribution >= 0.6 is 0 Å². The number of fused-ring (bicyclic) bond motifs is 1. The molecule has 5 nitrogen and oxygen atoms in total. The van der Waals surface area contributed by atoms with Gasteiger partial charge < -0.3 is 5.32 Å². The maximum atomic E-state index is 13.4. The van der Waals surface area contributed by atoms with E-state index in [1.54, 1.807) is 0 Å². The average molecular weight is 431 g/mol. The molecule has 160 valence electrons. The van der Waals surface area contributed by atoms with Crippen molar-refractivity contribution in [1.82, 2.24) is 9.62 Å². The van der Waals surface area contributed by atoms with E-state index in [2.05, 4.69) is 5.32 Å². The van der Waals surface area contributed by atoms with Crippen LogP contribution in [0.4, 0.5) is 4.39 Å². The Bertz CT molecular complexity index is 1000. The number of benzene rings is 2. The molecule has 0 saturated heterocycles. The van der Waals surface area contributed by atoms with Gasteiger partial charge in [-0.15, -0.1) is 0 Å². The molecule has 4 rings (SSSR count). The first-order valence-electron chi connectivity index (χ1n) is 10.6. The molecular weight excluding hydrogens is 403 g/mol. The summed E-state index contributed by atoms with van der Waals surface area (Å²) in [5, 5.41) is 3.11. The molecule has 2 aromatic rings. The smallest absolute Gasteiger partial charge is 0.243 e. The van der Waals surface area contributed by atoms with Gasteiger partial charge in [0.2, 0.25) is 15.9 Å². The normalized spacial score (nSPS) is 20.5. The predicted molar refractivity (Wildman–Crippen MR) is 113 cm³/mol. The van der Waals surface area contributed by atoms with E-state index in [0.29, 0.717) is 6.42 Å². The van der Waals surface area contributed by atoms with Crippen LogP contribution in [0.25, 0.3) is 0 Å². The topological polar surface area (TPSA) is 66.5 Å². The summed E-state index contributed by atoms with van der Waals surface area (Å²) in [4.78, 5) is 12.9. The van der Waals surface area contributed by atoms with Crippen LogP contribution in [0.15, 0.2) is 53.4 Å². The van der Waals surface area contributed by atoms with Gasteiger partial charge in [-0.1, -0.05) is 43.5 Å². The highest BCUT2D eigenvalue weighted by molar-refractivity contribution is 7.89. The van der Waals surface area contributed by atoms with E-state index >= 15 is 0 Å². The zero-order valence-electron chi connectivity index (χ0n) is 16.9. The number of amides is 1. The Hall–Kier alpha value is -2.25. The lowest BCUT2D eigenvalue weighted by Crippen LogP contribution is -2.43. The first-order chi connectivity index (χ1) is 14.4. The molecule has 2 aliphatic rings. The summed E-state index contributed by atoms with van der Waals surface area (Å²) in [6, 6.07) is 12.2. The number of carbonyl (C=O) groups is 1. The molecule has 1 aliphatic heterocycles. The van der Waals surface area contributed by atoms with Crippen LogP contribution in [-0.4, -0.2) is 31.2 Å². The van der Waals surface area contributed by atoms with Crippen molar-refractivity contribution in [2.24, 2.45) is 0 Å². The van der Waals surface area contributed by atoms with E-state index in [1.165, 1.54) is 22.9 Å². The molecule has 1 fully saturated rings. The minimum atomic E-state index is -3.86. The third kappa shape index (κ3) is 4.42. The highest BCUT2D eigenvalue weighted by atomic mass is 32.2. The second-order valence-corrected chi connectivity index (χ2v) is 10.0. The molecule has 30 heavy (non-hydrogen) atoms. The highest BCUT2D eigenvalue weighted by Crippen LogP contribution is 2.36. The van der Waals surface area contributed by atoms with Gasteiger partial charge in [0, 0.05) is 19.0 Å². The van der Waals surface area contributed by atoms with E-state index in [9.17, 15) is 17.6 Å². The van der Waals surface area contributed by atoms with Crippen molar-refractivity contribution in [1.29, 1.82) is 0 Å². The molecule has 1 atom stereocenters. The molecule has 7 heteroatoms. The van der Waals surface area contributed by atoms with Crippen LogP contribution < -0.4 is 5.32 Å². The fourth-order valence-electron chi connectivity index (χ4n) is 4.58. The fourth-order valence-corrected chi connectivity index (χ4v) is 6.18. The minimum absolute atomic E-state index is 0.0426. The number of carbonyl (C=O) groups excluding carboxylic acids is 1. The summed E-state index contributed by atoms with van der Waals surface area (Å²) in [5.74, 6) is -0.607. The second kappa shape index (κ2) is 8.86. The molecule has 1 N–H and O–H groups in total. The van der Waals surface area contributed by atoms with E-state index in [4.69, 9.17) is 0 Å². The molecule has 1 heterocycles. The molecule has 1 saturated carbocycles. The van der Waals surface area contributed by atoms with Crippen molar-refractivity contribution in [2.45, 2.75) is 61.9 Å². The minimum Gasteiger partial charge on any atom is -0.353 e. The number of hydrogen-bond acceptors (Lipinski definition) is 3. The largest absolute Gasteiger partial charge is 0.353 e. The van der Waals surface area contributed by atoms with Crippen LogP contribution in [0, 0.1) is 5.82 Å². The Labute approximate surface area is 177 Å². The lowest BCUT2D eigenvalue weighted by atomic mass is 9.91. The summed E-state index contributed by atoms with van der Waals surface area (Å²) in [5.41, 5.74) is 1.94. The maximum absolute atomic E-state index is 13.4. The van der Waals surface area contributed by atoms with Gasteiger partial charge in [-0.25, -0.2) is 12.8 Å². The molecule has 0 bridgehead atoms. The van der Waals surface area contributed by atoms with Gasteiger partial charge in [0.25, 0.3) is 0 Å². The lowest BCUT2D eigenvalue weighted by molar-refractivity contribution is -0.123. The standard InChI is InChI=1S/C23H27FN2O3S/c24-18-10-12-20(13-11-18)30(28,29)26-15-14-17-6-4-5-9-21(17)22(26)16-23(27)25-19-7-2-1-3-8-19/h4-6,9-13,19,22H,1-3,7-8,14-16H2,(H,25,27)/t22-/m0/s1. The summed E-state index contributed by atoms with van der Waals surface area (Å²) >= 11 is 0. The number of halogens is 1. The van der Waals surface area contributed by atoms with Crippen LogP contribution in [0.5, 0.6) is 0 Å². The average Bonchev–Trinajstić information content (AvgIpc) is 2.75. The van der Waals surface area contributed by atoms with Crippen LogP contribution in [-0.2, 0) is 21.2 Å². The second-order valence-electron chi connectivity index (χ2n) is 8.14. The Kier molecular flexibility index (Phi) is 6.20. The van der Waals surface area contributed by atoms with Gasteiger partial charge in [-0.2, -0.15) is 4.31 Å². The van der Waals surface area contributed by atoms with E-state index in [0.717, 1.165) is 48.9 Å². The van der Waals surface area contributed by atoms with Crippen molar-refractivity contribution >= 4 is 15.9 Å². The van der Waals surface area contributed by atoms with E-state index in [1.807, 2.05) is 24.3 Å². The third-order valence-corrected chi connectivity index (χ3v) is 8.05. The first-order valence-corrected chi connectivity index (χ1v) is 12.0. The third-order valence-electron chi connectivity index (χ3n) is 6.13. The zero-order valence-corrected chi connectivity index (χ0v) is 17.7. The Balaban J connectivity index is 1.62. The lowest BCUT2D eigenvalue weighted by Gasteiger charge is -2.36. The van der Waals surface area contributed by atoms with Gasteiger partial charge in [0.1, 0.15) is 5.82 Å². The maximum Gasteiger partial charge on any atom is 0.243 e. The fraction of sp³-hybridized carbons (Fsp3) is 0.435. The number of rotatable bonds is 5. The first kappa shape index (κ1) is 21.0. The van der Waals surface area contributed by atoms with E-state index in [-0.39, 0.29) is 29.8 Å². The summed E-state index contributed by atoms with van der Waals surface area (Å²) in [6.45, 7) is 0.290. The summed E-state index contributed by atoms with van der Waals surface area (Å²) in [7, 11) is -3.86. The summed E-state index contributed by atoms with van der Waals surface area (Å²) in [6.07, 6.45) is 6.04. The molecule has 1 amide bonds. The SMILES string of the molecule is O=C(C[C@H]1c2ccccc2CCN1S(=O)(=O)c1ccc(F)cc1)NC1CCCCC1.